The number of piperazine rings is 1. The predicted molar refractivity (Wildman–Crippen MR) is 81.2 cm³/mol. The average molecular weight is 306 g/mol. The molecular formula is C15H22N4O3. The third-order valence-corrected chi connectivity index (χ3v) is 3.76. The van der Waals surface area contributed by atoms with Crippen LogP contribution in [0.2, 0.25) is 0 Å². The molecule has 1 aromatic rings. The fourth-order valence-electron chi connectivity index (χ4n) is 2.39. The normalized spacial score (nSPS) is 15.6. The Kier molecular flexibility index (Phi) is 4.95. The second-order valence-electron chi connectivity index (χ2n) is 5.69. The SMILES string of the molecule is CCOC(=O)C(C)(C)C(=O)N1CCN(c2cnccn2)CC1. The highest BCUT2D eigenvalue weighted by molar-refractivity contribution is 6.01. The Balaban J connectivity index is 1.96. The van der Waals surface area contributed by atoms with E-state index >= 15 is 0 Å². The smallest absolute Gasteiger partial charge is 0.321 e. The van der Waals surface area contributed by atoms with E-state index < -0.39 is 11.4 Å². The molecule has 0 N–H and O–H groups in total. The van der Waals surface area contributed by atoms with Gasteiger partial charge in [-0.05, 0) is 20.8 Å². The lowest BCUT2D eigenvalue weighted by molar-refractivity contribution is -0.162. The summed E-state index contributed by atoms with van der Waals surface area (Å²) in [6.07, 6.45) is 4.99. The largest absolute Gasteiger partial charge is 0.465 e. The zero-order valence-electron chi connectivity index (χ0n) is 13.3. The van der Waals surface area contributed by atoms with Crippen LogP contribution in [0, 0.1) is 5.41 Å². The summed E-state index contributed by atoms with van der Waals surface area (Å²) in [5, 5.41) is 0. The molecule has 0 radical (unpaired) electrons. The molecule has 0 unspecified atom stereocenters. The van der Waals surface area contributed by atoms with Crippen LogP contribution in [0.4, 0.5) is 5.82 Å². The second-order valence-corrected chi connectivity index (χ2v) is 5.69. The van der Waals surface area contributed by atoms with Crippen molar-refractivity contribution in [1.82, 2.24) is 14.9 Å². The van der Waals surface area contributed by atoms with E-state index in [-0.39, 0.29) is 12.5 Å². The van der Waals surface area contributed by atoms with Crippen molar-refractivity contribution in [3.05, 3.63) is 18.6 Å². The number of nitrogens with zero attached hydrogens (tertiary/aromatic N) is 4. The van der Waals surface area contributed by atoms with Gasteiger partial charge in [-0.25, -0.2) is 4.98 Å². The number of anilines is 1. The number of carbonyl (C=O) groups is 2. The summed E-state index contributed by atoms with van der Waals surface area (Å²) in [5.74, 6) is 0.139. The lowest BCUT2D eigenvalue weighted by Gasteiger charge is -2.38. The van der Waals surface area contributed by atoms with Crippen LogP contribution in [-0.2, 0) is 14.3 Å². The molecule has 0 atom stereocenters. The van der Waals surface area contributed by atoms with E-state index in [9.17, 15) is 9.59 Å². The second kappa shape index (κ2) is 6.72. The van der Waals surface area contributed by atoms with E-state index in [1.54, 1.807) is 44.3 Å². The molecule has 0 saturated carbocycles. The van der Waals surface area contributed by atoms with E-state index in [4.69, 9.17) is 4.74 Å². The van der Waals surface area contributed by atoms with Gasteiger partial charge in [-0.1, -0.05) is 0 Å². The Hall–Kier alpha value is -2.18. The molecule has 1 aromatic heterocycles. The third-order valence-electron chi connectivity index (χ3n) is 3.76. The van der Waals surface area contributed by atoms with Crippen LogP contribution >= 0.6 is 0 Å². The fourth-order valence-corrected chi connectivity index (χ4v) is 2.39. The number of hydrogen-bond acceptors (Lipinski definition) is 6. The minimum atomic E-state index is -1.15. The molecule has 2 rings (SSSR count). The van der Waals surface area contributed by atoms with Gasteiger partial charge in [0.15, 0.2) is 0 Å². The zero-order chi connectivity index (χ0) is 16.2. The molecule has 1 fully saturated rings. The Bertz CT molecular complexity index is 525. The monoisotopic (exact) mass is 306 g/mol. The summed E-state index contributed by atoms with van der Waals surface area (Å²) in [7, 11) is 0. The molecule has 0 aromatic carbocycles. The van der Waals surface area contributed by atoms with Crippen LogP contribution in [0.3, 0.4) is 0 Å². The number of ether oxygens (including phenoxy) is 1. The van der Waals surface area contributed by atoms with Gasteiger partial charge in [-0.2, -0.15) is 0 Å². The van der Waals surface area contributed by atoms with Crippen molar-refractivity contribution in [1.29, 1.82) is 0 Å². The topological polar surface area (TPSA) is 75.6 Å². The van der Waals surface area contributed by atoms with Crippen molar-refractivity contribution in [3.63, 3.8) is 0 Å². The van der Waals surface area contributed by atoms with Gasteiger partial charge in [0.1, 0.15) is 11.2 Å². The molecule has 120 valence electrons. The van der Waals surface area contributed by atoms with Crippen molar-refractivity contribution >= 4 is 17.7 Å². The summed E-state index contributed by atoms with van der Waals surface area (Å²) >= 11 is 0. The average Bonchev–Trinajstić information content (AvgIpc) is 2.55. The van der Waals surface area contributed by atoms with E-state index in [1.165, 1.54) is 0 Å². The Labute approximate surface area is 130 Å². The molecule has 7 heteroatoms. The van der Waals surface area contributed by atoms with Gasteiger partial charge in [0.2, 0.25) is 5.91 Å². The standard InChI is InChI=1S/C15H22N4O3/c1-4-22-14(21)15(2,3)13(20)19-9-7-18(8-10-19)12-11-16-5-6-17-12/h5-6,11H,4,7-10H2,1-3H3. The van der Waals surface area contributed by atoms with Crippen molar-refractivity contribution in [2.45, 2.75) is 20.8 Å². The minimum absolute atomic E-state index is 0.190. The maximum Gasteiger partial charge on any atom is 0.321 e. The first kappa shape index (κ1) is 16.2. The van der Waals surface area contributed by atoms with Crippen LogP contribution in [0.25, 0.3) is 0 Å². The van der Waals surface area contributed by atoms with Crippen LogP contribution in [0.15, 0.2) is 18.6 Å². The molecule has 0 bridgehead atoms. The Morgan fingerprint density at radius 2 is 1.91 bits per heavy atom. The quantitative estimate of drug-likeness (QED) is 0.602. The molecule has 22 heavy (non-hydrogen) atoms. The van der Waals surface area contributed by atoms with Crippen LogP contribution in [0.5, 0.6) is 0 Å². The van der Waals surface area contributed by atoms with Crippen molar-refractivity contribution < 1.29 is 14.3 Å². The zero-order valence-corrected chi connectivity index (χ0v) is 13.3. The molecule has 2 heterocycles. The van der Waals surface area contributed by atoms with Crippen molar-refractivity contribution in [2.24, 2.45) is 5.41 Å². The van der Waals surface area contributed by atoms with Crippen molar-refractivity contribution in [2.75, 3.05) is 37.7 Å². The van der Waals surface area contributed by atoms with E-state index in [0.717, 1.165) is 5.82 Å². The highest BCUT2D eigenvalue weighted by Gasteiger charge is 2.41. The minimum Gasteiger partial charge on any atom is -0.465 e. The Morgan fingerprint density at radius 3 is 2.45 bits per heavy atom. The number of carbonyl (C=O) groups excluding carboxylic acids is 2. The summed E-state index contributed by atoms with van der Waals surface area (Å²) < 4.78 is 4.99. The van der Waals surface area contributed by atoms with Gasteiger partial charge in [0.05, 0.1) is 12.8 Å². The van der Waals surface area contributed by atoms with Crippen LogP contribution < -0.4 is 4.90 Å². The number of amides is 1. The highest BCUT2D eigenvalue weighted by Crippen LogP contribution is 2.23. The molecule has 1 amide bonds. The lowest BCUT2D eigenvalue weighted by Crippen LogP contribution is -2.54. The highest BCUT2D eigenvalue weighted by atomic mass is 16.5. The summed E-state index contributed by atoms with van der Waals surface area (Å²) in [6.45, 7) is 7.68. The Morgan fingerprint density at radius 1 is 1.23 bits per heavy atom. The van der Waals surface area contributed by atoms with Crippen molar-refractivity contribution in [3.8, 4) is 0 Å². The number of esters is 1. The molecule has 1 saturated heterocycles. The maximum atomic E-state index is 12.6. The molecular weight excluding hydrogens is 284 g/mol. The fraction of sp³-hybridized carbons (Fsp3) is 0.600. The molecule has 0 aliphatic carbocycles. The van der Waals surface area contributed by atoms with Gasteiger partial charge in [-0.15, -0.1) is 0 Å². The van der Waals surface area contributed by atoms with E-state index in [1.807, 2.05) is 0 Å². The molecule has 7 nitrogen and oxygen atoms in total. The summed E-state index contributed by atoms with van der Waals surface area (Å²) in [5.41, 5.74) is -1.15. The third kappa shape index (κ3) is 3.35. The maximum absolute atomic E-state index is 12.6. The lowest BCUT2D eigenvalue weighted by atomic mass is 9.91. The van der Waals surface area contributed by atoms with Gasteiger partial charge < -0.3 is 14.5 Å². The van der Waals surface area contributed by atoms with Crippen LogP contribution in [0.1, 0.15) is 20.8 Å². The van der Waals surface area contributed by atoms with E-state index in [2.05, 4.69) is 14.9 Å². The summed E-state index contributed by atoms with van der Waals surface area (Å²) in [4.78, 5) is 36.6. The van der Waals surface area contributed by atoms with Gasteiger partial charge in [0.25, 0.3) is 0 Å². The number of hydrogen-bond donors (Lipinski definition) is 0. The van der Waals surface area contributed by atoms with E-state index in [0.29, 0.717) is 26.2 Å². The summed E-state index contributed by atoms with van der Waals surface area (Å²) in [6, 6.07) is 0. The predicted octanol–water partition coefficient (Wildman–Crippen LogP) is 0.714. The molecule has 1 aliphatic rings. The first-order chi connectivity index (χ1) is 10.5. The van der Waals surface area contributed by atoms with Gasteiger partial charge in [0, 0.05) is 38.6 Å². The first-order valence-electron chi connectivity index (χ1n) is 7.44. The first-order valence-corrected chi connectivity index (χ1v) is 7.44. The molecule has 0 spiro atoms. The molecule has 1 aliphatic heterocycles. The number of rotatable bonds is 4. The van der Waals surface area contributed by atoms with Gasteiger partial charge >= 0.3 is 5.97 Å². The number of aromatic nitrogens is 2. The van der Waals surface area contributed by atoms with Gasteiger partial charge in [-0.3, -0.25) is 14.6 Å². The van der Waals surface area contributed by atoms with Crippen LogP contribution in [-0.4, -0.2) is 59.5 Å².